The highest BCUT2D eigenvalue weighted by Crippen LogP contribution is 2.45. The van der Waals surface area contributed by atoms with E-state index in [1.807, 2.05) is 11.9 Å². The summed E-state index contributed by atoms with van der Waals surface area (Å²) < 4.78 is 11.6. The fourth-order valence-corrected chi connectivity index (χ4v) is 5.39. The highest BCUT2D eigenvalue weighted by Gasteiger charge is 2.44. The van der Waals surface area contributed by atoms with Crippen LogP contribution < -0.4 is 0 Å². The van der Waals surface area contributed by atoms with E-state index in [0.717, 1.165) is 23.4 Å². The molecule has 0 unspecified atom stereocenters. The van der Waals surface area contributed by atoms with Gasteiger partial charge in [0.15, 0.2) is 0 Å². The maximum Gasteiger partial charge on any atom is 0.345 e. The van der Waals surface area contributed by atoms with E-state index in [-0.39, 0.29) is 11.9 Å². The molecule has 1 amide bonds. The predicted octanol–water partition coefficient (Wildman–Crippen LogP) is 1.17. The Morgan fingerprint density at radius 2 is 2.04 bits per heavy atom. The summed E-state index contributed by atoms with van der Waals surface area (Å²) in [5.41, 5.74) is 0.663. The van der Waals surface area contributed by atoms with Gasteiger partial charge >= 0.3 is 5.97 Å². The van der Waals surface area contributed by atoms with E-state index in [1.54, 1.807) is 6.07 Å². The van der Waals surface area contributed by atoms with Gasteiger partial charge in [-0.3, -0.25) is 9.69 Å². The minimum Gasteiger partial charge on any atom is -0.477 e. The molecule has 2 fully saturated rings. The third kappa shape index (κ3) is 3.05. The maximum atomic E-state index is 12.9. The van der Waals surface area contributed by atoms with Crippen molar-refractivity contribution in [2.75, 3.05) is 46.5 Å². The number of aromatic carboxylic acids is 1. The highest BCUT2D eigenvalue weighted by atomic mass is 32.1. The van der Waals surface area contributed by atoms with E-state index in [4.69, 9.17) is 9.47 Å². The second-order valence-corrected chi connectivity index (χ2v) is 8.31. The second-order valence-electron chi connectivity index (χ2n) is 7.26. The summed E-state index contributed by atoms with van der Waals surface area (Å²) in [5.74, 6) is -0.761. The Balaban J connectivity index is 1.48. The number of nitrogens with zero attached hydrogens (tertiary/aromatic N) is 2. The van der Waals surface area contributed by atoms with Crippen molar-refractivity contribution in [3.05, 3.63) is 21.4 Å². The van der Waals surface area contributed by atoms with Gasteiger partial charge in [-0.1, -0.05) is 0 Å². The van der Waals surface area contributed by atoms with Crippen LogP contribution in [0.5, 0.6) is 0 Å². The fourth-order valence-electron chi connectivity index (χ4n) is 4.14. The summed E-state index contributed by atoms with van der Waals surface area (Å²) >= 11 is 1.33. The largest absolute Gasteiger partial charge is 0.477 e. The van der Waals surface area contributed by atoms with Crippen LogP contribution in [-0.4, -0.2) is 79.3 Å². The number of likely N-dealkylation sites (tertiary alicyclic amines) is 1. The van der Waals surface area contributed by atoms with Crippen molar-refractivity contribution in [1.82, 2.24) is 9.80 Å². The Kier molecular flexibility index (Phi) is 4.77. The molecule has 26 heavy (non-hydrogen) atoms. The number of piperidine rings is 1. The first-order chi connectivity index (χ1) is 12.5. The molecular weight excluding hydrogens is 356 g/mol. The molecule has 4 rings (SSSR count). The van der Waals surface area contributed by atoms with Crippen molar-refractivity contribution < 1.29 is 24.2 Å². The molecule has 7 nitrogen and oxygen atoms in total. The van der Waals surface area contributed by atoms with Crippen LogP contribution in [0.3, 0.4) is 0 Å². The summed E-state index contributed by atoms with van der Waals surface area (Å²) in [5, 5.41) is 9.30. The number of rotatable bonds is 2. The fraction of sp³-hybridized carbons (Fsp3) is 0.667. The van der Waals surface area contributed by atoms with Crippen molar-refractivity contribution in [3.8, 4) is 0 Å². The summed E-state index contributed by atoms with van der Waals surface area (Å²) in [6.45, 7) is 3.75. The van der Waals surface area contributed by atoms with Gasteiger partial charge in [-0.25, -0.2) is 4.79 Å². The SMILES string of the molecule is CN1CCOC[C@@H]1C(=O)N1CCC2(CC1)OCCc1cc(C(=O)O)sc12. The van der Waals surface area contributed by atoms with Crippen LogP contribution in [0.25, 0.3) is 0 Å². The standard InChI is InChI=1S/C18H24N2O5S/c1-19-7-9-24-11-13(19)16(21)20-5-3-18(4-6-20)15-12(2-8-25-18)10-14(26-15)17(22)23/h10,13H,2-9,11H2,1H3,(H,22,23)/t13-/m1/s1. The average Bonchev–Trinajstić information content (AvgIpc) is 3.09. The lowest BCUT2D eigenvalue weighted by Gasteiger charge is -2.45. The number of amides is 1. The number of hydrogen-bond donors (Lipinski definition) is 1. The molecule has 1 spiro atoms. The molecule has 1 N–H and O–H groups in total. The van der Waals surface area contributed by atoms with E-state index in [0.29, 0.717) is 50.6 Å². The third-order valence-corrected chi connectivity index (χ3v) is 7.10. The zero-order valence-corrected chi connectivity index (χ0v) is 15.7. The molecule has 1 aromatic heterocycles. The van der Waals surface area contributed by atoms with Crippen LogP contribution in [-0.2, 0) is 26.3 Å². The Morgan fingerprint density at radius 1 is 1.27 bits per heavy atom. The predicted molar refractivity (Wildman–Crippen MR) is 95.7 cm³/mol. The molecule has 2 saturated heterocycles. The van der Waals surface area contributed by atoms with E-state index < -0.39 is 11.6 Å². The summed E-state index contributed by atoms with van der Waals surface area (Å²) in [7, 11) is 1.96. The lowest BCUT2D eigenvalue weighted by molar-refractivity contribution is -0.150. The number of thiophene rings is 1. The van der Waals surface area contributed by atoms with Gasteiger partial charge in [-0.2, -0.15) is 0 Å². The Labute approximate surface area is 156 Å². The van der Waals surface area contributed by atoms with Gasteiger partial charge in [0, 0.05) is 24.5 Å². The Bertz CT molecular complexity index is 710. The van der Waals surface area contributed by atoms with Crippen molar-refractivity contribution in [1.29, 1.82) is 0 Å². The Morgan fingerprint density at radius 3 is 2.73 bits per heavy atom. The monoisotopic (exact) mass is 380 g/mol. The number of hydrogen-bond acceptors (Lipinski definition) is 6. The summed E-state index contributed by atoms with van der Waals surface area (Å²) in [6, 6.07) is 1.58. The van der Waals surface area contributed by atoms with Crippen LogP contribution in [0.15, 0.2) is 6.07 Å². The van der Waals surface area contributed by atoms with Crippen LogP contribution in [0.1, 0.15) is 33.0 Å². The number of carbonyl (C=O) groups excluding carboxylic acids is 1. The molecule has 1 atom stereocenters. The minimum absolute atomic E-state index is 0.121. The number of ether oxygens (including phenoxy) is 2. The van der Waals surface area contributed by atoms with Crippen molar-refractivity contribution >= 4 is 23.2 Å². The zero-order valence-electron chi connectivity index (χ0n) is 14.9. The number of carboxylic acid groups (broad SMARTS) is 1. The topological polar surface area (TPSA) is 79.3 Å². The van der Waals surface area contributed by atoms with Gasteiger partial charge < -0.3 is 19.5 Å². The van der Waals surface area contributed by atoms with Crippen LogP contribution in [0.4, 0.5) is 0 Å². The van der Waals surface area contributed by atoms with E-state index in [1.165, 1.54) is 11.3 Å². The molecule has 3 aliphatic heterocycles. The average molecular weight is 380 g/mol. The quantitative estimate of drug-likeness (QED) is 0.830. The molecule has 0 radical (unpaired) electrons. The lowest BCUT2D eigenvalue weighted by Crippen LogP contribution is -2.56. The molecule has 8 heteroatoms. The highest BCUT2D eigenvalue weighted by molar-refractivity contribution is 7.14. The molecule has 0 aliphatic carbocycles. The van der Waals surface area contributed by atoms with Crippen LogP contribution in [0, 0.1) is 0 Å². The van der Waals surface area contributed by atoms with Gasteiger partial charge in [0.25, 0.3) is 0 Å². The zero-order chi connectivity index (χ0) is 18.3. The Hall–Kier alpha value is -1.48. The molecule has 0 saturated carbocycles. The maximum absolute atomic E-state index is 12.9. The van der Waals surface area contributed by atoms with Crippen LogP contribution in [0.2, 0.25) is 0 Å². The van der Waals surface area contributed by atoms with Crippen LogP contribution >= 0.6 is 11.3 Å². The third-order valence-electron chi connectivity index (χ3n) is 5.75. The molecule has 1 aromatic rings. The molecule has 0 bridgehead atoms. The van der Waals surface area contributed by atoms with Gasteiger partial charge in [-0.05, 0) is 37.9 Å². The van der Waals surface area contributed by atoms with Gasteiger partial charge in [0.05, 0.1) is 19.8 Å². The second kappa shape index (κ2) is 6.92. The number of likely N-dealkylation sites (N-methyl/N-ethyl adjacent to an activating group) is 1. The molecular formula is C18H24N2O5S. The molecule has 142 valence electrons. The van der Waals surface area contributed by atoms with Gasteiger partial charge in [-0.15, -0.1) is 11.3 Å². The van der Waals surface area contributed by atoms with Crippen molar-refractivity contribution in [3.63, 3.8) is 0 Å². The first-order valence-electron chi connectivity index (χ1n) is 9.07. The first-order valence-corrected chi connectivity index (χ1v) is 9.89. The van der Waals surface area contributed by atoms with E-state index in [9.17, 15) is 14.7 Å². The number of morpholine rings is 1. The smallest absolute Gasteiger partial charge is 0.345 e. The minimum atomic E-state index is -0.882. The number of fused-ring (bicyclic) bond motifs is 2. The van der Waals surface area contributed by atoms with E-state index >= 15 is 0 Å². The summed E-state index contributed by atoms with van der Waals surface area (Å²) in [6.07, 6.45) is 2.18. The molecule has 4 heterocycles. The molecule has 3 aliphatic rings. The van der Waals surface area contributed by atoms with Crippen molar-refractivity contribution in [2.24, 2.45) is 0 Å². The van der Waals surface area contributed by atoms with Crippen molar-refractivity contribution in [2.45, 2.75) is 30.9 Å². The van der Waals surface area contributed by atoms with Gasteiger partial charge in [0.1, 0.15) is 16.5 Å². The van der Waals surface area contributed by atoms with E-state index in [2.05, 4.69) is 4.90 Å². The summed E-state index contributed by atoms with van der Waals surface area (Å²) in [4.78, 5) is 29.6. The molecule has 0 aromatic carbocycles. The van der Waals surface area contributed by atoms with Gasteiger partial charge in [0.2, 0.25) is 5.91 Å². The lowest BCUT2D eigenvalue weighted by atomic mass is 9.85. The number of carboxylic acids is 1. The first kappa shape index (κ1) is 17.9. The normalized spacial score (nSPS) is 25.9. The number of carbonyl (C=O) groups is 2.